The summed E-state index contributed by atoms with van der Waals surface area (Å²) >= 11 is 0. The summed E-state index contributed by atoms with van der Waals surface area (Å²) in [6.07, 6.45) is 58.6. The molecule has 0 rings (SSSR count). The Balaban J connectivity index is 4.53. The number of unbranched alkanes of at least 4 members (excludes halogenated alkanes) is 16. The molecule has 0 radical (unpaired) electrons. The van der Waals surface area contributed by atoms with Gasteiger partial charge in [-0.3, -0.25) is 14.4 Å². The molecule has 0 bridgehead atoms. The van der Waals surface area contributed by atoms with Crippen molar-refractivity contribution in [3.8, 4) is 0 Å². The lowest BCUT2D eigenvalue weighted by Gasteiger charge is -2.18. The minimum atomic E-state index is -0.815. The summed E-state index contributed by atoms with van der Waals surface area (Å²) in [6.45, 7) is 6.37. The molecular weight excluding hydrogens is 721 g/mol. The predicted molar refractivity (Wildman–Crippen MR) is 247 cm³/mol. The molecule has 0 fully saturated rings. The van der Waals surface area contributed by atoms with Gasteiger partial charge in [0, 0.05) is 19.3 Å². The minimum absolute atomic E-state index is 0.111. The first kappa shape index (κ1) is 54.6. The quantitative estimate of drug-likeness (QED) is 0.0265. The molecule has 0 saturated carbocycles. The normalized spacial score (nSPS) is 12.8. The number of ether oxygens (including phenoxy) is 3. The van der Waals surface area contributed by atoms with Crippen molar-refractivity contribution in [2.75, 3.05) is 13.2 Å². The highest BCUT2D eigenvalue weighted by molar-refractivity contribution is 5.71. The van der Waals surface area contributed by atoms with Gasteiger partial charge in [0.25, 0.3) is 0 Å². The van der Waals surface area contributed by atoms with Gasteiger partial charge in [-0.25, -0.2) is 0 Å². The summed E-state index contributed by atoms with van der Waals surface area (Å²) in [4.78, 5) is 37.7. The minimum Gasteiger partial charge on any atom is -0.462 e. The van der Waals surface area contributed by atoms with Crippen molar-refractivity contribution in [1.82, 2.24) is 0 Å². The van der Waals surface area contributed by atoms with Gasteiger partial charge in [0.05, 0.1) is 0 Å². The maximum atomic E-state index is 12.7. The van der Waals surface area contributed by atoms with Crippen LogP contribution < -0.4 is 0 Å². The van der Waals surface area contributed by atoms with Crippen LogP contribution in [0.25, 0.3) is 0 Å². The highest BCUT2D eigenvalue weighted by Crippen LogP contribution is 2.12. The van der Waals surface area contributed by atoms with Gasteiger partial charge in [-0.15, -0.1) is 0 Å². The third-order valence-electron chi connectivity index (χ3n) is 9.62. The van der Waals surface area contributed by atoms with Crippen LogP contribution >= 0.6 is 0 Å². The van der Waals surface area contributed by atoms with E-state index in [9.17, 15) is 14.4 Å². The molecule has 0 aliphatic rings. The smallest absolute Gasteiger partial charge is 0.306 e. The molecule has 0 aromatic rings. The van der Waals surface area contributed by atoms with Crippen molar-refractivity contribution < 1.29 is 28.6 Å². The average molecular weight is 807 g/mol. The zero-order valence-electron chi connectivity index (χ0n) is 37.5. The van der Waals surface area contributed by atoms with Gasteiger partial charge in [0.2, 0.25) is 0 Å². The first-order chi connectivity index (χ1) is 28.5. The van der Waals surface area contributed by atoms with Gasteiger partial charge in [-0.2, -0.15) is 0 Å². The Kier molecular flexibility index (Phi) is 43.6. The fraction of sp³-hybridized carbons (Fsp3) is 0.673. The number of carbonyl (C=O) groups is 3. The van der Waals surface area contributed by atoms with E-state index in [0.29, 0.717) is 19.3 Å². The molecule has 0 saturated heterocycles. The van der Waals surface area contributed by atoms with Crippen LogP contribution in [0.4, 0.5) is 0 Å². The third-order valence-corrected chi connectivity index (χ3v) is 9.62. The van der Waals surface area contributed by atoms with Crippen LogP contribution in [0.5, 0.6) is 0 Å². The maximum Gasteiger partial charge on any atom is 0.306 e. The third kappa shape index (κ3) is 43.7. The lowest BCUT2D eigenvalue weighted by Crippen LogP contribution is -2.30. The number of carbonyl (C=O) groups excluding carboxylic acids is 3. The Hall–Kier alpha value is -3.41. The molecule has 6 nitrogen and oxygen atoms in total. The van der Waals surface area contributed by atoms with Crippen LogP contribution in [-0.4, -0.2) is 37.2 Å². The largest absolute Gasteiger partial charge is 0.462 e. The van der Waals surface area contributed by atoms with Crippen LogP contribution in [0.2, 0.25) is 0 Å². The molecular formula is C52H86O6. The van der Waals surface area contributed by atoms with E-state index in [0.717, 1.165) is 96.3 Å². The zero-order chi connectivity index (χ0) is 42.3. The molecule has 330 valence electrons. The Morgan fingerprint density at radius 1 is 0.362 bits per heavy atom. The van der Waals surface area contributed by atoms with E-state index >= 15 is 0 Å². The first-order valence-electron chi connectivity index (χ1n) is 23.6. The number of allylic oxidation sites excluding steroid dienone is 14. The van der Waals surface area contributed by atoms with Crippen LogP contribution in [0.1, 0.15) is 207 Å². The SMILES string of the molecule is CC/C=C\C/C=C\C/C=C\C/C=C\C/C=C\CCC(=O)OCC(COC(=O)CCCCCCC/C=C\CCCC)OC(=O)CCCCC/C=C\CCCCCCCC. The van der Waals surface area contributed by atoms with Crippen LogP contribution in [-0.2, 0) is 28.6 Å². The van der Waals surface area contributed by atoms with Crippen molar-refractivity contribution >= 4 is 17.9 Å². The van der Waals surface area contributed by atoms with Crippen LogP contribution in [0.3, 0.4) is 0 Å². The second-order valence-corrected chi connectivity index (χ2v) is 15.3. The molecule has 0 heterocycles. The van der Waals surface area contributed by atoms with E-state index in [1.807, 2.05) is 12.2 Å². The van der Waals surface area contributed by atoms with Crippen molar-refractivity contribution in [1.29, 1.82) is 0 Å². The molecule has 0 aromatic heterocycles. The molecule has 1 unspecified atom stereocenters. The van der Waals surface area contributed by atoms with Gasteiger partial charge in [0.15, 0.2) is 6.10 Å². The molecule has 0 aliphatic heterocycles. The standard InChI is InChI=1S/C52H86O6/c1-4-7-10-13-16-19-22-24-25-26-28-30-33-36-39-42-45-51(54)57-48-49(47-56-50(53)44-41-38-35-32-29-21-18-15-12-9-6-3)58-52(55)46-43-40-37-34-31-27-23-20-17-14-11-8-5-2/h7,10,15-16,18-19,24-25,27-28,30-31,36,39,49H,4-6,8-9,11-14,17,20-23,26,29,32-35,37-38,40-48H2,1-3H3/b10-7-,18-15-,19-16-,25-24-,30-28-,31-27-,39-36-. The molecule has 58 heavy (non-hydrogen) atoms. The van der Waals surface area contributed by atoms with E-state index in [-0.39, 0.29) is 37.5 Å². The topological polar surface area (TPSA) is 78.9 Å². The summed E-state index contributed by atoms with van der Waals surface area (Å²) < 4.78 is 16.6. The molecule has 6 heteroatoms. The van der Waals surface area contributed by atoms with Gasteiger partial charge in [-0.1, -0.05) is 176 Å². The van der Waals surface area contributed by atoms with E-state index in [1.165, 1.54) is 64.2 Å². The number of esters is 3. The number of rotatable bonds is 41. The highest BCUT2D eigenvalue weighted by Gasteiger charge is 2.19. The summed E-state index contributed by atoms with van der Waals surface area (Å²) in [5.41, 5.74) is 0. The predicted octanol–water partition coefficient (Wildman–Crippen LogP) is 15.3. The molecule has 0 N–H and O–H groups in total. The fourth-order valence-corrected chi connectivity index (χ4v) is 6.05. The highest BCUT2D eigenvalue weighted by atomic mass is 16.6. The summed E-state index contributed by atoms with van der Waals surface area (Å²) in [6, 6.07) is 0. The molecule has 0 aliphatic carbocycles. The Morgan fingerprint density at radius 3 is 1.22 bits per heavy atom. The average Bonchev–Trinajstić information content (AvgIpc) is 3.22. The molecule has 0 spiro atoms. The monoisotopic (exact) mass is 807 g/mol. The first-order valence-corrected chi connectivity index (χ1v) is 23.6. The van der Waals surface area contributed by atoms with Gasteiger partial charge in [-0.05, 0) is 96.3 Å². The molecule has 0 aromatic carbocycles. The van der Waals surface area contributed by atoms with Gasteiger partial charge in [0.1, 0.15) is 13.2 Å². The van der Waals surface area contributed by atoms with Crippen molar-refractivity contribution in [3.63, 3.8) is 0 Å². The Bertz CT molecular complexity index is 1160. The van der Waals surface area contributed by atoms with Crippen molar-refractivity contribution in [2.45, 2.75) is 213 Å². The summed E-state index contributed by atoms with van der Waals surface area (Å²) in [5, 5.41) is 0. The van der Waals surface area contributed by atoms with Gasteiger partial charge >= 0.3 is 17.9 Å². The number of hydrogen-bond donors (Lipinski definition) is 0. The van der Waals surface area contributed by atoms with Crippen LogP contribution in [0.15, 0.2) is 85.1 Å². The fourth-order valence-electron chi connectivity index (χ4n) is 6.05. The zero-order valence-corrected chi connectivity index (χ0v) is 37.5. The lowest BCUT2D eigenvalue weighted by molar-refractivity contribution is -0.166. The molecule has 0 amide bonds. The van der Waals surface area contributed by atoms with E-state index in [2.05, 4.69) is 93.7 Å². The number of hydrogen-bond acceptors (Lipinski definition) is 6. The van der Waals surface area contributed by atoms with E-state index in [1.54, 1.807) is 0 Å². The molecule has 1 atom stereocenters. The summed E-state index contributed by atoms with van der Waals surface area (Å²) in [7, 11) is 0. The van der Waals surface area contributed by atoms with E-state index in [4.69, 9.17) is 14.2 Å². The second-order valence-electron chi connectivity index (χ2n) is 15.3. The summed E-state index contributed by atoms with van der Waals surface area (Å²) in [5.74, 6) is -1.03. The van der Waals surface area contributed by atoms with Gasteiger partial charge < -0.3 is 14.2 Å². The van der Waals surface area contributed by atoms with Crippen molar-refractivity contribution in [3.05, 3.63) is 85.1 Å². The van der Waals surface area contributed by atoms with Crippen molar-refractivity contribution in [2.24, 2.45) is 0 Å². The Morgan fingerprint density at radius 2 is 0.724 bits per heavy atom. The maximum absolute atomic E-state index is 12.7. The second kappa shape index (κ2) is 46.3. The lowest BCUT2D eigenvalue weighted by atomic mass is 10.1. The Labute approximate surface area is 356 Å². The van der Waals surface area contributed by atoms with E-state index < -0.39 is 6.10 Å². The van der Waals surface area contributed by atoms with Crippen LogP contribution in [0, 0.1) is 0 Å².